The molecule has 0 radical (unpaired) electrons. The van der Waals surface area contributed by atoms with Crippen molar-refractivity contribution in [3.63, 3.8) is 0 Å². The molecule has 0 aliphatic carbocycles. The molecule has 1 heterocycles. The Hall–Kier alpha value is -2.04. The first-order chi connectivity index (χ1) is 7.15. The molecule has 0 unspecified atom stereocenters. The summed E-state index contributed by atoms with van der Waals surface area (Å²) in [7, 11) is 0. The lowest BCUT2D eigenvalue weighted by Crippen LogP contribution is -2.08. The number of para-hydroxylation sites is 1. The van der Waals surface area contributed by atoms with E-state index < -0.39 is 5.97 Å². The highest BCUT2D eigenvalue weighted by molar-refractivity contribution is 5.94. The van der Waals surface area contributed by atoms with Crippen LogP contribution in [-0.2, 0) is 6.54 Å². The van der Waals surface area contributed by atoms with Gasteiger partial charge in [-0.1, -0.05) is 6.07 Å². The summed E-state index contributed by atoms with van der Waals surface area (Å²) in [6.07, 6.45) is 0. The first kappa shape index (κ1) is 9.51. The van der Waals surface area contributed by atoms with E-state index in [-0.39, 0.29) is 5.82 Å². The van der Waals surface area contributed by atoms with Crippen LogP contribution in [-0.4, -0.2) is 20.6 Å². The molecule has 78 valence electrons. The van der Waals surface area contributed by atoms with Crippen LogP contribution in [0.25, 0.3) is 11.0 Å². The molecule has 0 bridgehead atoms. The summed E-state index contributed by atoms with van der Waals surface area (Å²) >= 11 is 0. The molecule has 0 aliphatic heterocycles. The summed E-state index contributed by atoms with van der Waals surface area (Å²) < 4.78 is 1.63. The highest BCUT2D eigenvalue weighted by Gasteiger charge is 2.16. The van der Waals surface area contributed by atoms with E-state index in [2.05, 4.69) is 4.98 Å². The van der Waals surface area contributed by atoms with Crippen LogP contribution in [0.5, 0.6) is 0 Å². The second-order valence-corrected chi connectivity index (χ2v) is 3.20. The van der Waals surface area contributed by atoms with Gasteiger partial charge in [0, 0.05) is 6.54 Å². The number of fused-ring (bicyclic) bond motifs is 1. The van der Waals surface area contributed by atoms with Crippen LogP contribution < -0.4 is 5.73 Å². The van der Waals surface area contributed by atoms with Crippen LogP contribution in [0, 0.1) is 0 Å². The number of rotatable bonds is 2. The predicted molar refractivity (Wildman–Crippen MR) is 56.8 cm³/mol. The average molecular weight is 205 g/mol. The maximum absolute atomic E-state index is 10.9. The van der Waals surface area contributed by atoms with Crippen molar-refractivity contribution in [1.29, 1.82) is 0 Å². The number of aromatic carboxylic acids is 1. The first-order valence-electron chi connectivity index (χ1n) is 4.63. The van der Waals surface area contributed by atoms with Gasteiger partial charge in [-0.3, -0.25) is 0 Å². The number of aryl methyl sites for hydroxylation is 1. The monoisotopic (exact) mass is 205 g/mol. The van der Waals surface area contributed by atoms with Gasteiger partial charge in [-0.15, -0.1) is 0 Å². The summed E-state index contributed by atoms with van der Waals surface area (Å²) in [4.78, 5) is 15.0. The smallest absolute Gasteiger partial charge is 0.372 e. The molecule has 2 rings (SSSR count). The zero-order valence-corrected chi connectivity index (χ0v) is 8.27. The number of nitrogens with two attached hydrogens (primary N) is 1. The lowest BCUT2D eigenvalue weighted by molar-refractivity contribution is 0.0679. The number of nitrogen functional groups attached to an aromatic ring is 1. The number of carboxylic acids is 1. The highest BCUT2D eigenvalue weighted by Crippen LogP contribution is 2.21. The van der Waals surface area contributed by atoms with Gasteiger partial charge in [-0.2, -0.15) is 0 Å². The van der Waals surface area contributed by atoms with E-state index in [1.54, 1.807) is 16.7 Å². The molecule has 0 saturated heterocycles. The van der Waals surface area contributed by atoms with E-state index in [0.29, 0.717) is 17.7 Å². The van der Waals surface area contributed by atoms with E-state index in [4.69, 9.17) is 10.8 Å². The zero-order chi connectivity index (χ0) is 11.0. The van der Waals surface area contributed by atoms with Crippen molar-refractivity contribution in [2.24, 2.45) is 0 Å². The number of carboxylic acid groups (broad SMARTS) is 1. The fourth-order valence-corrected chi connectivity index (χ4v) is 1.65. The first-order valence-corrected chi connectivity index (χ1v) is 4.63. The molecule has 2 aromatic rings. The van der Waals surface area contributed by atoms with Gasteiger partial charge in [0.05, 0.1) is 11.2 Å². The second-order valence-electron chi connectivity index (χ2n) is 3.20. The average Bonchev–Trinajstić information content (AvgIpc) is 2.57. The molecule has 0 atom stereocenters. The molecule has 15 heavy (non-hydrogen) atoms. The third-order valence-corrected chi connectivity index (χ3v) is 2.32. The normalized spacial score (nSPS) is 10.7. The Morgan fingerprint density at radius 3 is 2.93 bits per heavy atom. The minimum atomic E-state index is -1.03. The Labute approximate surface area is 86.1 Å². The minimum absolute atomic E-state index is 0.0328. The SMILES string of the molecule is CCn1c(C(=O)O)nc2c(N)cccc21. The van der Waals surface area contributed by atoms with Gasteiger partial charge in [0.1, 0.15) is 5.52 Å². The Morgan fingerprint density at radius 2 is 2.33 bits per heavy atom. The number of carbonyl (C=O) groups is 1. The maximum Gasteiger partial charge on any atom is 0.372 e. The number of benzene rings is 1. The Morgan fingerprint density at radius 1 is 1.60 bits per heavy atom. The summed E-state index contributed by atoms with van der Waals surface area (Å²) in [5.41, 5.74) is 7.54. The van der Waals surface area contributed by atoms with Crippen molar-refractivity contribution in [2.75, 3.05) is 5.73 Å². The van der Waals surface area contributed by atoms with E-state index in [0.717, 1.165) is 5.52 Å². The van der Waals surface area contributed by atoms with Crippen molar-refractivity contribution in [3.05, 3.63) is 24.0 Å². The zero-order valence-electron chi connectivity index (χ0n) is 8.27. The number of anilines is 1. The van der Waals surface area contributed by atoms with Crippen molar-refractivity contribution in [2.45, 2.75) is 13.5 Å². The molecule has 1 aromatic carbocycles. The van der Waals surface area contributed by atoms with Crippen LogP contribution in [0.2, 0.25) is 0 Å². The fourth-order valence-electron chi connectivity index (χ4n) is 1.65. The lowest BCUT2D eigenvalue weighted by Gasteiger charge is -2.01. The van der Waals surface area contributed by atoms with Crippen molar-refractivity contribution < 1.29 is 9.90 Å². The molecule has 0 fully saturated rings. The van der Waals surface area contributed by atoms with Gasteiger partial charge in [0.15, 0.2) is 0 Å². The largest absolute Gasteiger partial charge is 0.475 e. The summed E-state index contributed by atoms with van der Waals surface area (Å²) in [6, 6.07) is 5.31. The molecular weight excluding hydrogens is 194 g/mol. The van der Waals surface area contributed by atoms with Crippen molar-refractivity contribution in [3.8, 4) is 0 Å². The quantitative estimate of drug-likeness (QED) is 0.725. The molecule has 0 aliphatic rings. The number of aromatic nitrogens is 2. The second kappa shape index (κ2) is 3.27. The third-order valence-electron chi connectivity index (χ3n) is 2.32. The van der Waals surface area contributed by atoms with Crippen LogP contribution in [0.3, 0.4) is 0 Å². The van der Waals surface area contributed by atoms with E-state index >= 15 is 0 Å². The third kappa shape index (κ3) is 1.32. The topological polar surface area (TPSA) is 81.1 Å². The lowest BCUT2D eigenvalue weighted by atomic mass is 10.3. The van der Waals surface area contributed by atoms with Gasteiger partial charge >= 0.3 is 5.97 Å². The molecule has 3 N–H and O–H groups in total. The number of imidazole rings is 1. The molecule has 0 amide bonds. The molecule has 0 spiro atoms. The van der Waals surface area contributed by atoms with Crippen LogP contribution in [0.15, 0.2) is 18.2 Å². The standard InChI is InChI=1S/C10H11N3O2/c1-2-13-7-5-3-4-6(11)8(7)12-9(13)10(14)15/h3-5H,2,11H2,1H3,(H,14,15). The summed E-state index contributed by atoms with van der Waals surface area (Å²) in [5.74, 6) is -1.00. The number of hydrogen-bond acceptors (Lipinski definition) is 3. The van der Waals surface area contributed by atoms with E-state index in [9.17, 15) is 4.79 Å². The van der Waals surface area contributed by atoms with Gasteiger partial charge in [-0.25, -0.2) is 9.78 Å². The molecular formula is C10H11N3O2. The summed E-state index contributed by atoms with van der Waals surface area (Å²) in [5, 5.41) is 8.96. The van der Waals surface area contributed by atoms with E-state index in [1.165, 1.54) is 0 Å². The molecule has 5 heteroatoms. The van der Waals surface area contributed by atoms with Gasteiger partial charge < -0.3 is 15.4 Å². The van der Waals surface area contributed by atoms with E-state index in [1.807, 2.05) is 13.0 Å². The summed E-state index contributed by atoms with van der Waals surface area (Å²) in [6.45, 7) is 2.43. The van der Waals surface area contributed by atoms with Gasteiger partial charge in [0.25, 0.3) is 0 Å². The van der Waals surface area contributed by atoms with Crippen LogP contribution in [0.1, 0.15) is 17.5 Å². The Balaban J connectivity index is 2.84. The number of nitrogens with zero attached hydrogens (tertiary/aromatic N) is 2. The Kier molecular flexibility index (Phi) is 2.07. The molecule has 5 nitrogen and oxygen atoms in total. The molecule has 0 saturated carbocycles. The van der Waals surface area contributed by atoms with Crippen LogP contribution in [0.4, 0.5) is 5.69 Å². The van der Waals surface area contributed by atoms with Gasteiger partial charge in [-0.05, 0) is 19.1 Å². The van der Waals surface area contributed by atoms with Gasteiger partial charge in [0.2, 0.25) is 5.82 Å². The number of hydrogen-bond donors (Lipinski definition) is 2. The predicted octanol–water partition coefficient (Wildman–Crippen LogP) is 1.34. The minimum Gasteiger partial charge on any atom is -0.475 e. The van der Waals surface area contributed by atoms with Crippen LogP contribution >= 0.6 is 0 Å². The molecule has 1 aromatic heterocycles. The van der Waals surface area contributed by atoms with Crippen molar-refractivity contribution in [1.82, 2.24) is 9.55 Å². The highest BCUT2D eigenvalue weighted by atomic mass is 16.4. The fraction of sp³-hybridized carbons (Fsp3) is 0.200. The maximum atomic E-state index is 10.9. The Bertz CT molecular complexity index is 531. The van der Waals surface area contributed by atoms with Crippen molar-refractivity contribution >= 4 is 22.7 Å².